The summed E-state index contributed by atoms with van der Waals surface area (Å²) in [4.78, 5) is 28.0. The van der Waals surface area contributed by atoms with Crippen LogP contribution in [-0.4, -0.2) is 58.2 Å². The standard InChI is InChI=1S/C19H29N3O8/c1-5-11(6-2)9-26-18(24)27-10-12-14-15(30-19(3,4)29-14)16(28-12)22-8-7-13(21-25)20-17(22)23/h7-8,11-12,14-16,25H,5-6,9-10H2,1-4H3,(H,20,21,23)/t12-,14-,15-,16-/m1/s1. The molecule has 1 aromatic heterocycles. The van der Waals surface area contributed by atoms with E-state index in [9.17, 15) is 9.59 Å². The first-order valence-electron chi connectivity index (χ1n) is 10.1. The number of hydrogen-bond acceptors (Lipinski definition) is 10. The number of anilines is 1. The molecular weight excluding hydrogens is 398 g/mol. The highest BCUT2D eigenvalue weighted by Gasteiger charge is 2.56. The Morgan fingerprint density at radius 1 is 1.30 bits per heavy atom. The number of fused-ring (bicyclic) bond motifs is 1. The number of nitrogens with zero attached hydrogens (tertiary/aromatic N) is 2. The molecule has 168 valence electrons. The molecule has 11 heteroatoms. The summed E-state index contributed by atoms with van der Waals surface area (Å²) >= 11 is 0. The Kier molecular flexibility index (Phi) is 6.96. The van der Waals surface area contributed by atoms with Crippen LogP contribution in [0.2, 0.25) is 0 Å². The van der Waals surface area contributed by atoms with Gasteiger partial charge < -0.3 is 23.7 Å². The molecule has 30 heavy (non-hydrogen) atoms. The number of ether oxygens (including phenoxy) is 5. The normalized spacial score (nSPS) is 27.1. The van der Waals surface area contributed by atoms with Gasteiger partial charge in [-0.3, -0.25) is 15.3 Å². The molecule has 4 atom stereocenters. The van der Waals surface area contributed by atoms with Crippen LogP contribution in [0.1, 0.15) is 46.8 Å². The minimum atomic E-state index is -0.894. The van der Waals surface area contributed by atoms with Gasteiger partial charge in [0.05, 0.1) is 6.61 Å². The first-order valence-corrected chi connectivity index (χ1v) is 10.1. The van der Waals surface area contributed by atoms with Gasteiger partial charge in [-0.25, -0.2) is 9.59 Å². The highest BCUT2D eigenvalue weighted by atomic mass is 16.8. The average Bonchev–Trinajstić information content (AvgIpc) is 3.20. The van der Waals surface area contributed by atoms with Crippen molar-refractivity contribution in [3.8, 4) is 0 Å². The fourth-order valence-corrected chi connectivity index (χ4v) is 3.59. The summed E-state index contributed by atoms with van der Waals surface area (Å²) in [6, 6.07) is 1.42. The minimum Gasteiger partial charge on any atom is -0.434 e. The smallest absolute Gasteiger partial charge is 0.434 e. The lowest BCUT2D eigenvalue weighted by atomic mass is 10.1. The summed E-state index contributed by atoms with van der Waals surface area (Å²) in [5.41, 5.74) is 1.18. The summed E-state index contributed by atoms with van der Waals surface area (Å²) < 4.78 is 29.4. The molecule has 11 nitrogen and oxygen atoms in total. The number of hydrogen-bond donors (Lipinski definition) is 2. The summed E-state index contributed by atoms with van der Waals surface area (Å²) in [6.45, 7) is 7.76. The second-order valence-electron chi connectivity index (χ2n) is 7.80. The van der Waals surface area contributed by atoms with E-state index in [0.717, 1.165) is 12.8 Å². The number of aromatic nitrogens is 2. The molecule has 2 aliphatic heterocycles. The van der Waals surface area contributed by atoms with E-state index in [1.165, 1.54) is 16.8 Å². The maximum absolute atomic E-state index is 12.3. The molecule has 3 rings (SSSR count). The quantitative estimate of drug-likeness (QED) is 0.469. The molecule has 0 amide bonds. The van der Waals surface area contributed by atoms with Gasteiger partial charge in [-0.2, -0.15) is 4.98 Å². The van der Waals surface area contributed by atoms with Gasteiger partial charge in [0.25, 0.3) is 0 Å². The van der Waals surface area contributed by atoms with Crippen molar-refractivity contribution in [2.75, 3.05) is 18.7 Å². The Hall–Kier alpha value is -2.21. The van der Waals surface area contributed by atoms with Gasteiger partial charge in [-0.05, 0) is 25.8 Å². The van der Waals surface area contributed by atoms with Crippen LogP contribution >= 0.6 is 0 Å². The molecule has 0 aliphatic carbocycles. The topological polar surface area (TPSA) is 130 Å². The molecule has 0 saturated carbocycles. The van der Waals surface area contributed by atoms with Crippen molar-refractivity contribution in [1.82, 2.24) is 9.55 Å². The van der Waals surface area contributed by atoms with E-state index in [1.807, 2.05) is 19.3 Å². The number of carbonyl (C=O) groups is 1. The van der Waals surface area contributed by atoms with Crippen molar-refractivity contribution in [3.63, 3.8) is 0 Å². The van der Waals surface area contributed by atoms with E-state index in [-0.39, 0.29) is 18.3 Å². The van der Waals surface area contributed by atoms with Crippen molar-refractivity contribution >= 4 is 12.0 Å². The zero-order valence-corrected chi connectivity index (χ0v) is 17.6. The Balaban J connectivity index is 1.67. The molecule has 1 aromatic rings. The molecule has 0 unspecified atom stereocenters. The van der Waals surface area contributed by atoms with Crippen LogP contribution in [0, 0.1) is 5.92 Å². The monoisotopic (exact) mass is 427 g/mol. The van der Waals surface area contributed by atoms with Crippen molar-refractivity contribution in [1.29, 1.82) is 0 Å². The maximum atomic E-state index is 12.3. The van der Waals surface area contributed by atoms with Crippen LogP contribution in [-0.2, 0) is 23.7 Å². The summed E-state index contributed by atoms with van der Waals surface area (Å²) in [6.07, 6.45) is -0.189. The van der Waals surface area contributed by atoms with Gasteiger partial charge in [0.2, 0.25) is 0 Å². The predicted molar refractivity (Wildman–Crippen MR) is 103 cm³/mol. The van der Waals surface area contributed by atoms with E-state index in [4.69, 9.17) is 28.9 Å². The molecular formula is C19H29N3O8. The lowest BCUT2D eigenvalue weighted by Gasteiger charge is -2.24. The Labute approximate surface area is 174 Å². The van der Waals surface area contributed by atoms with Crippen LogP contribution in [0.15, 0.2) is 17.1 Å². The fourth-order valence-electron chi connectivity index (χ4n) is 3.59. The highest BCUT2D eigenvalue weighted by molar-refractivity contribution is 5.59. The third-order valence-corrected chi connectivity index (χ3v) is 5.30. The third-order valence-electron chi connectivity index (χ3n) is 5.30. The first kappa shape index (κ1) is 22.5. The van der Waals surface area contributed by atoms with Crippen molar-refractivity contribution < 1.29 is 33.7 Å². The summed E-state index contributed by atoms with van der Waals surface area (Å²) in [5, 5.41) is 8.91. The number of rotatable bonds is 8. The van der Waals surface area contributed by atoms with Crippen molar-refractivity contribution in [2.24, 2.45) is 5.92 Å². The van der Waals surface area contributed by atoms with E-state index in [1.54, 1.807) is 13.8 Å². The van der Waals surface area contributed by atoms with Crippen LogP contribution < -0.4 is 11.2 Å². The fraction of sp³-hybridized carbons (Fsp3) is 0.737. The second-order valence-corrected chi connectivity index (χ2v) is 7.80. The Bertz CT molecular complexity index is 794. The summed E-state index contributed by atoms with van der Waals surface area (Å²) in [5.74, 6) is -0.596. The van der Waals surface area contributed by atoms with Crippen LogP contribution in [0.4, 0.5) is 10.6 Å². The highest BCUT2D eigenvalue weighted by Crippen LogP contribution is 2.42. The van der Waals surface area contributed by atoms with Crippen LogP contribution in [0.5, 0.6) is 0 Å². The van der Waals surface area contributed by atoms with Crippen LogP contribution in [0.3, 0.4) is 0 Å². The predicted octanol–water partition coefficient (Wildman–Crippen LogP) is 2.05. The first-order chi connectivity index (χ1) is 14.3. The zero-order valence-electron chi connectivity index (χ0n) is 17.6. The largest absolute Gasteiger partial charge is 0.508 e. The zero-order chi connectivity index (χ0) is 21.9. The third kappa shape index (κ3) is 4.91. The maximum Gasteiger partial charge on any atom is 0.508 e. The van der Waals surface area contributed by atoms with Gasteiger partial charge in [0.15, 0.2) is 17.8 Å². The van der Waals surface area contributed by atoms with Gasteiger partial charge in [-0.1, -0.05) is 26.7 Å². The van der Waals surface area contributed by atoms with E-state index in [2.05, 4.69) is 4.98 Å². The number of carbonyl (C=O) groups excluding carboxylic acids is 1. The second kappa shape index (κ2) is 9.29. The molecule has 0 radical (unpaired) electrons. The lowest BCUT2D eigenvalue weighted by Crippen LogP contribution is -2.34. The molecule has 2 aliphatic rings. The van der Waals surface area contributed by atoms with E-state index in [0.29, 0.717) is 6.61 Å². The Morgan fingerprint density at radius 2 is 2.00 bits per heavy atom. The molecule has 2 fully saturated rings. The number of nitrogens with one attached hydrogen (secondary N) is 1. The summed E-state index contributed by atoms with van der Waals surface area (Å²) in [7, 11) is 0. The van der Waals surface area contributed by atoms with E-state index < -0.39 is 42.2 Å². The molecule has 3 heterocycles. The van der Waals surface area contributed by atoms with E-state index >= 15 is 0 Å². The van der Waals surface area contributed by atoms with Gasteiger partial charge in [0.1, 0.15) is 24.9 Å². The molecule has 0 bridgehead atoms. The SMILES string of the molecule is CCC(CC)COC(=O)OC[C@H]1O[C@@H](n2ccc(NO)nc2=O)[C@@H]2OC(C)(C)O[C@@H]21. The molecule has 0 aromatic carbocycles. The average molecular weight is 427 g/mol. The lowest BCUT2D eigenvalue weighted by molar-refractivity contribution is -0.201. The van der Waals surface area contributed by atoms with Crippen molar-refractivity contribution in [3.05, 3.63) is 22.7 Å². The van der Waals surface area contributed by atoms with Crippen molar-refractivity contribution in [2.45, 2.75) is 70.9 Å². The molecule has 2 saturated heterocycles. The van der Waals surface area contributed by atoms with Gasteiger partial charge in [0, 0.05) is 6.20 Å². The van der Waals surface area contributed by atoms with Crippen LogP contribution in [0.25, 0.3) is 0 Å². The molecule has 2 N–H and O–H groups in total. The van der Waals surface area contributed by atoms with Gasteiger partial charge in [-0.15, -0.1) is 0 Å². The van der Waals surface area contributed by atoms with Gasteiger partial charge >= 0.3 is 11.8 Å². The minimum absolute atomic E-state index is 0.00908. The molecule has 0 spiro atoms. The Morgan fingerprint density at radius 3 is 2.63 bits per heavy atom.